The fraction of sp³-hybridized carbons (Fsp3) is 0.0588. The Balaban J connectivity index is 1.07. The Morgan fingerprint density at radius 2 is 1.02 bits per heavy atom. The van der Waals surface area contributed by atoms with Gasteiger partial charge >= 0.3 is 0 Å². The first kappa shape index (κ1) is 30.8. The molecule has 2 heterocycles. The lowest BCUT2D eigenvalue weighted by atomic mass is 9.81. The molecule has 0 bridgehead atoms. The van der Waals surface area contributed by atoms with Crippen molar-refractivity contribution in [3.63, 3.8) is 0 Å². The van der Waals surface area contributed by atoms with Gasteiger partial charge in [0.1, 0.15) is 11.2 Å². The summed E-state index contributed by atoms with van der Waals surface area (Å²) in [6.45, 7) is 4.70. The summed E-state index contributed by atoms with van der Waals surface area (Å²) in [5.74, 6) is 0.688. The quantitative estimate of drug-likeness (QED) is 0.184. The molecule has 254 valence electrons. The third-order valence-electron chi connectivity index (χ3n) is 11.5. The lowest BCUT2D eigenvalue weighted by Crippen LogP contribution is -2.14. The number of aromatic nitrogens is 2. The van der Waals surface area contributed by atoms with Gasteiger partial charge in [0, 0.05) is 32.9 Å². The number of benzene rings is 8. The molecule has 0 unspecified atom stereocenters. The van der Waals surface area contributed by atoms with Crippen LogP contribution in [0.5, 0.6) is 0 Å². The fourth-order valence-corrected chi connectivity index (χ4v) is 8.71. The van der Waals surface area contributed by atoms with E-state index in [1.165, 1.54) is 49.5 Å². The molecule has 2 aromatic heterocycles. The van der Waals surface area contributed by atoms with Crippen LogP contribution >= 0.6 is 0 Å². The van der Waals surface area contributed by atoms with Gasteiger partial charge in [-0.25, -0.2) is 9.97 Å². The molecule has 0 atom stereocenters. The zero-order valence-electron chi connectivity index (χ0n) is 30.0. The van der Waals surface area contributed by atoms with E-state index in [9.17, 15) is 0 Å². The van der Waals surface area contributed by atoms with Gasteiger partial charge in [-0.3, -0.25) is 0 Å². The third kappa shape index (κ3) is 4.68. The summed E-state index contributed by atoms with van der Waals surface area (Å²) in [6.07, 6.45) is 0. The van der Waals surface area contributed by atoms with Gasteiger partial charge in [-0.15, -0.1) is 0 Å². The Bertz CT molecular complexity index is 3130. The highest BCUT2D eigenvalue weighted by atomic mass is 16.3. The predicted molar refractivity (Wildman–Crippen MR) is 224 cm³/mol. The van der Waals surface area contributed by atoms with Gasteiger partial charge in [0.05, 0.1) is 11.4 Å². The largest absolute Gasteiger partial charge is 0.456 e. The van der Waals surface area contributed by atoms with E-state index in [0.717, 1.165) is 55.4 Å². The van der Waals surface area contributed by atoms with Crippen LogP contribution in [0, 0.1) is 0 Å². The van der Waals surface area contributed by atoms with Crippen LogP contribution in [0.4, 0.5) is 0 Å². The third-order valence-corrected chi connectivity index (χ3v) is 11.5. The molecule has 0 saturated carbocycles. The average molecular weight is 691 g/mol. The highest BCUT2D eigenvalue weighted by Gasteiger charge is 2.36. The van der Waals surface area contributed by atoms with Crippen molar-refractivity contribution in [1.82, 2.24) is 9.97 Å². The first-order valence-corrected chi connectivity index (χ1v) is 18.6. The Morgan fingerprint density at radius 3 is 1.85 bits per heavy atom. The second-order valence-electron chi connectivity index (χ2n) is 15.0. The van der Waals surface area contributed by atoms with E-state index in [2.05, 4.69) is 153 Å². The molecule has 0 amide bonds. The molecule has 1 aliphatic rings. The van der Waals surface area contributed by atoms with Gasteiger partial charge in [0.15, 0.2) is 5.82 Å². The van der Waals surface area contributed by atoms with Crippen LogP contribution in [0.15, 0.2) is 174 Å². The van der Waals surface area contributed by atoms with Gasteiger partial charge in [-0.2, -0.15) is 0 Å². The summed E-state index contributed by atoms with van der Waals surface area (Å²) in [5.41, 5.74) is 14.2. The van der Waals surface area contributed by atoms with Crippen LogP contribution in [0.25, 0.3) is 99.6 Å². The predicted octanol–water partition coefficient (Wildman–Crippen LogP) is 13.7. The maximum Gasteiger partial charge on any atom is 0.160 e. The monoisotopic (exact) mass is 690 g/mol. The molecular formula is C51H34N2O. The average Bonchev–Trinajstić information content (AvgIpc) is 3.70. The number of hydrogen-bond acceptors (Lipinski definition) is 3. The Kier molecular flexibility index (Phi) is 6.60. The maximum atomic E-state index is 6.29. The van der Waals surface area contributed by atoms with Gasteiger partial charge in [0.2, 0.25) is 0 Å². The van der Waals surface area contributed by atoms with Crippen molar-refractivity contribution < 1.29 is 4.42 Å². The van der Waals surface area contributed by atoms with E-state index < -0.39 is 0 Å². The molecular weight excluding hydrogens is 657 g/mol. The van der Waals surface area contributed by atoms with E-state index in [1.807, 2.05) is 30.3 Å². The minimum Gasteiger partial charge on any atom is -0.456 e. The normalized spacial score (nSPS) is 13.1. The van der Waals surface area contributed by atoms with Crippen molar-refractivity contribution in [2.45, 2.75) is 19.3 Å². The van der Waals surface area contributed by atoms with Crippen LogP contribution < -0.4 is 0 Å². The first-order valence-electron chi connectivity index (χ1n) is 18.6. The summed E-state index contributed by atoms with van der Waals surface area (Å²) in [5, 5.41) is 7.12. The number of nitrogens with zero attached hydrogens (tertiary/aromatic N) is 2. The maximum absolute atomic E-state index is 6.29. The standard InChI is InChI=1S/C51H34N2O/c1-51(2)44-25-21-34(27-42(44)43-26-32-14-6-7-15-33(32)28-45(43)51)36-23-24-39(38-17-9-8-16-37(36)38)47-30-46(52-50(53-47)31-12-4-3-5-13-31)35-20-22-41-40-18-10-11-19-48(40)54-49(41)29-35/h3-30H,1-2H3. The van der Waals surface area contributed by atoms with Gasteiger partial charge in [-0.05, 0) is 97.4 Å². The van der Waals surface area contributed by atoms with Crippen molar-refractivity contribution in [2.75, 3.05) is 0 Å². The van der Waals surface area contributed by atoms with Crippen LogP contribution in [0.1, 0.15) is 25.0 Å². The second-order valence-corrected chi connectivity index (χ2v) is 15.0. The molecule has 11 rings (SSSR count). The highest BCUT2D eigenvalue weighted by molar-refractivity contribution is 6.07. The number of furan rings is 1. The lowest BCUT2D eigenvalue weighted by Gasteiger charge is -2.22. The molecule has 0 aliphatic heterocycles. The molecule has 0 N–H and O–H groups in total. The number of fused-ring (bicyclic) bond motifs is 8. The zero-order chi connectivity index (χ0) is 36.0. The SMILES string of the molecule is CC1(C)c2ccc(-c3ccc(-c4cc(-c5ccc6c(c5)oc5ccccc56)nc(-c5ccccc5)n4)c4ccccc34)cc2-c2cc3ccccc3cc21. The molecule has 3 nitrogen and oxygen atoms in total. The van der Waals surface area contributed by atoms with Crippen molar-refractivity contribution in [3.05, 3.63) is 181 Å². The summed E-state index contributed by atoms with van der Waals surface area (Å²) in [6, 6.07) is 60.7. The van der Waals surface area contributed by atoms with E-state index in [1.54, 1.807) is 0 Å². The number of para-hydroxylation sites is 1. The van der Waals surface area contributed by atoms with E-state index in [-0.39, 0.29) is 5.41 Å². The molecule has 0 saturated heterocycles. The number of rotatable bonds is 4. The van der Waals surface area contributed by atoms with Crippen molar-refractivity contribution in [3.8, 4) is 56.2 Å². The van der Waals surface area contributed by atoms with E-state index in [4.69, 9.17) is 14.4 Å². The molecule has 0 radical (unpaired) electrons. The molecule has 3 heteroatoms. The summed E-state index contributed by atoms with van der Waals surface area (Å²) >= 11 is 0. The van der Waals surface area contributed by atoms with Crippen molar-refractivity contribution in [1.29, 1.82) is 0 Å². The van der Waals surface area contributed by atoms with Crippen LogP contribution in [0.2, 0.25) is 0 Å². The summed E-state index contributed by atoms with van der Waals surface area (Å²) < 4.78 is 6.29. The molecule has 1 aliphatic carbocycles. The molecule has 8 aromatic carbocycles. The van der Waals surface area contributed by atoms with Crippen molar-refractivity contribution in [2.24, 2.45) is 0 Å². The van der Waals surface area contributed by atoms with Gasteiger partial charge in [-0.1, -0.05) is 141 Å². The number of hydrogen-bond donors (Lipinski definition) is 0. The lowest BCUT2D eigenvalue weighted by molar-refractivity contribution is 0.661. The van der Waals surface area contributed by atoms with Crippen LogP contribution in [-0.2, 0) is 5.41 Å². The van der Waals surface area contributed by atoms with Crippen molar-refractivity contribution >= 4 is 43.5 Å². The molecule has 10 aromatic rings. The Hall–Kier alpha value is -6.84. The minimum atomic E-state index is -0.0741. The topological polar surface area (TPSA) is 38.9 Å². The molecule has 0 spiro atoms. The summed E-state index contributed by atoms with van der Waals surface area (Å²) in [4.78, 5) is 10.4. The Labute approximate surface area is 313 Å². The highest BCUT2D eigenvalue weighted by Crippen LogP contribution is 2.51. The smallest absolute Gasteiger partial charge is 0.160 e. The van der Waals surface area contributed by atoms with E-state index >= 15 is 0 Å². The van der Waals surface area contributed by atoms with Crippen LogP contribution in [0.3, 0.4) is 0 Å². The fourth-order valence-electron chi connectivity index (χ4n) is 8.71. The Morgan fingerprint density at radius 1 is 0.389 bits per heavy atom. The summed E-state index contributed by atoms with van der Waals surface area (Å²) in [7, 11) is 0. The first-order chi connectivity index (χ1) is 26.5. The second kappa shape index (κ2) is 11.6. The molecule has 0 fully saturated rings. The van der Waals surface area contributed by atoms with E-state index in [0.29, 0.717) is 5.82 Å². The minimum absolute atomic E-state index is 0.0741. The van der Waals surface area contributed by atoms with Gasteiger partial charge < -0.3 is 4.42 Å². The van der Waals surface area contributed by atoms with Crippen LogP contribution in [-0.4, -0.2) is 9.97 Å². The van der Waals surface area contributed by atoms with Gasteiger partial charge in [0.25, 0.3) is 0 Å². The zero-order valence-corrected chi connectivity index (χ0v) is 30.0. The molecule has 54 heavy (non-hydrogen) atoms.